The predicted octanol–water partition coefficient (Wildman–Crippen LogP) is 3.12. The summed E-state index contributed by atoms with van der Waals surface area (Å²) in [6.07, 6.45) is 4.81. The lowest BCUT2D eigenvalue weighted by Crippen LogP contribution is -2.54. The average molecular weight is 387 g/mol. The Kier molecular flexibility index (Phi) is 6.32. The van der Waals surface area contributed by atoms with E-state index in [1.54, 1.807) is 0 Å². The van der Waals surface area contributed by atoms with Crippen LogP contribution in [-0.2, 0) is 9.53 Å². The van der Waals surface area contributed by atoms with Crippen molar-refractivity contribution in [3.63, 3.8) is 0 Å². The normalized spacial score (nSPS) is 19.4. The Labute approximate surface area is 159 Å². The minimum Gasteiger partial charge on any atom is -0.381 e. The molecule has 25 heavy (non-hydrogen) atoms. The number of anilines is 1. The molecule has 1 saturated carbocycles. The number of hydrogen-bond acceptors (Lipinski definition) is 4. The SMILES string of the molecule is Cl.Cl.NC1(C(=O)Nc2ccc3nc(C4CCC4)[nH]c3c2)CCOCC1. The van der Waals surface area contributed by atoms with Crippen molar-refractivity contribution in [2.75, 3.05) is 18.5 Å². The fraction of sp³-hybridized carbons (Fsp3) is 0.529. The standard InChI is InChI=1S/C17H22N4O2.2ClH/c18-17(6-8-23-9-7-17)16(22)19-12-4-5-13-14(10-12)21-15(20-13)11-2-1-3-11;;/h4-5,10-11H,1-3,6-9,18H2,(H,19,22)(H,20,21);2*1H. The van der Waals surface area contributed by atoms with Crippen molar-refractivity contribution in [3.8, 4) is 0 Å². The molecule has 1 aliphatic carbocycles. The van der Waals surface area contributed by atoms with Crippen molar-refractivity contribution in [2.45, 2.75) is 43.6 Å². The third-order valence-electron chi connectivity index (χ3n) is 5.09. The maximum atomic E-state index is 12.5. The van der Waals surface area contributed by atoms with Gasteiger partial charge in [0.15, 0.2) is 0 Å². The van der Waals surface area contributed by atoms with E-state index in [1.807, 2.05) is 18.2 Å². The van der Waals surface area contributed by atoms with Crippen LogP contribution in [0.3, 0.4) is 0 Å². The van der Waals surface area contributed by atoms with Crippen molar-refractivity contribution in [3.05, 3.63) is 24.0 Å². The Morgan fingerprint density at radius 2 is 2.00 bits per heavy atom. The number of halogens is 2. The van der Waals surface area contributed by atoms with E-state index < -0.39 is 5.54 Å². The van der Waals surface area contributed by atoms with Crippen LogP contribution in [0.2, 0.25) is 0 Å². The van der Waals surface area contributed by atoms with Crippen LogP contribution >= 0.6 is 24.8 Å². The van der Waals surface area contributed by atoms with Crippen LogP contribution in [0.1, 0.15) is 43.8 Å². The van der Waals surface area contributed by atoms with Crippen LogP contribution in [0.5, 0.6) is 0 Å². The highest BCUT2D eigenvalue weighted by Crippen LogP contribution is 2.35. The molecule has 0 bridgehead atoms. The van der Waals surface area contributed by atoms with Crippen LogP contribution in [0.25, 0.3) is 11.0 Å². The molecule has 1 aromatic heterocycles. The fourth-order valence-corrected chi connectivity index (χ4v) is 3.20. The van der Waals surface area contributed by atoms with E-state index in [0.29, 0.717) is 32.0 Å². The van der Waals surface area contributed by atoms with E-state index in [0.717, 1.165) is 22.5 Å². The third-order valence-corrected chi connectivity index (χ3v) is 5.09. The molecule has 1 aliphatic heterocycles. The maximum absolute atomic E-state index is 12.5. The zero-order chi connectivity index (χ0) is 15.9. The molecule has 1 saturated heterocycles. The Morgan fingerprint density at radius 3 is 2.64 bits per heavy atom. The summed E-state index contributed by atoms with van der Waals surface area (Å²) in [5.74, 6) is 1.49. The van der Waals surface area contributed by atoms with E-state index in [-0.39, 0.29) is 30.7 Å². The van der Waals surface area contributed by atoms with Crippen molar-refractivity contribution >= 4 is 47.4 Å². The topological polar surface area (TPSA) is 93.0 Å². The van der Waals surface area contributed by atoms with E-state index >= 15 is 0 Å². The van der Waals surface area contributed by atoms with Gasteiger partial charge in [-0.25, -0.2) is 4.98 Å². The summed E-state index contributed by atoms with van der Waals surface area (Å²) in [5, 5.41) is 2.94. The van der Waals surface area contributed by atoms with Crippen molar-refractivity contribution in [1.29, 1.82) is 0 Å². The van der Waals surface area contributed by atoms with Crippen LogP contribution < -0.4 is 11.1 Å². The van der Waals surface area contributed by atoms with Gasteiger partial charge < -0.3 is 20.8 Å². The van der Waals surface area contributed by atoms with Crippen LogP contribution in [-0.4, -0.2) is 34.6 Å². The van der Waals surface area contributed by atoms with Crippen molar-refractivity contribution in [2.24, 2.45) is 5.73 Å². The molecule has 0 radical (unpaired) electrons. The number of rotatable bonds is 3. The zero-order valence-corrected chi connectivity index (χ0v) is 15.5. The lowest BCUT2D eigenvalue weighted by molar-refractivity contribution is -0.124. The van der Waals surface area contributed by atoms with Gasteiger partial charge in [-0.1, -0.05) is 6.42 Å². The number of aromatic nitrogens is 2. The summed E-state index contributed by atoms with van der Waals surface area (Å²) < 4.78 is 5.29. The van der Waals surface area contributed by atoms with Crippen molar-refractivity contribution in [1.82, 2.24) is 9.97 Å². The number of fused-ring (bicyclic) bond motifs is 1. The van der Waals surface area contributed by atoms with Gasteiger partial charge in [-0.3, -0.25) is 4.79 Å². The second kappa shape index (κ2) is 7.91. The molecule has 6 nitrogen and oxygen atoms in total. The number of benzene rings is 1. The molecule has 4 N–H and O–H groups in total. The summed E-state index contributed by atoms with van der Waals surface area (Å²) in [4.78, 5) is 20.5. The van der Waals surface area contributed by atoms with Gasteiger partial charge in [-0.2, -0.15) is 0 Å². The minimum atomic E-state index is -0.835. The van der Waals surface area contributed by atoms with E-state index in [1.165, 1.54) is 19.3 Å². The first-order valence-electron chi connectivity index (χ1n) is 8.32. The van der Waals surface area contributed by atoms with Gasteiger partial charge in [0.1, 0.15) is 11.4 Å². The largest absolute Gasteiger partial charge is 0.381 e. The number of carbonyl (C=O) groups excluding carboxylic acids is 1. The smallest absolute Gasteiger partial charge is 0.244 e. The van der Waals surface area contributed by atoms with Gasteiger partial charge in [-0.15, -0.1) is 24.8 Å². The van der Waals surface area contributed by atoms with Crippen molar-refractivity contribution < 1.29 is 9.53 Å². The van der Waals surface area contributed by atoms with E-state index in [4.69, 9.17) is 10.5 Å². The molecular weight excluding hydrogens is 363 g/mol. The van der Waals surface area contributed by atoms with Crippen LogP contribution in [0.4, 0.5) is 5.69 Å². The number of ether oxygens (including phenoxy) is 1. The van der Waals surface area contributed by atoms with Gasteiger partial charge in [0.2, 0.25) is 5.91 Å². The highest BCUT2D eigenvalue weighted by molar-refractivity contribution is 5.99. The summed E-state index contributed by atoms with van der Waals surface area (Å²) in [6, 6.07) is 5.76. The Balaban J connectivity index is 0.00000113. The number of nitrogens with two attached hydrogens (primary N) is 1. The Morgan fingerprint density at radius 1 is 1.28 bits per heavy atom. The molecule has 8 heteroatoms. The number of nitrogens with one attached hydrogen (secondary N) is 2. The average Bonchev–Trinajstić information content (AvgIpc) is 2.88. The molecule has 2 aliphatic rings. The van der Waals surface area contributed by atoms with E-state index in [2.05, 4.69) is 15.3 Å². The third kappa shape index (κ3) is 3.92. The number of nitrogens with zero attached hydrogens (tertiary/aromatic N) is 1. The molecular formula is C17H24Cl2N4O2. The first-order chi connectivity index (χ1) is 11.1. The molecule has 2 heterocycles. The fourth-order valence-electron chi connectivity index (χ4n) is 3.20. The summed E-state index contributed by atoms with van der Waals surface area (Å²) in [7, 11) is 0. The second-order valence-corrected chi connectivity index (χ2v) is 6.70. The zero-order valence-electron chi connectivity index (χ0n) is 13.9. The first-order valence-corrected chi connectivity index (χ1v) is 8.32. The lowest BCUT2D eigenvalue weighted by atomic mass is 9.85. The quantitative estimate of drug-likeness (QED) is 0.755. The summed E-state index contributed by atoms with van der Waals surface area (Å²) in [6.45, 7) is 1.07. The number of hydrogen-bond donors (Lipinski definition) is 3. The lowest BCUT2D eigenvalue weighted by Gasteiger charge is -2.31. The monoisotopic (exact) mass is 386 g/mol. The summed E-state index contributed by atoms with van der Waals surface area (Å²) >= 11 is 0. The number of amides is 1. The van der Waals surface area contributed by atoms with E-state index in [9.17, 15) is 4.79 Å². The van der Waals surface area contributed by atoms with Gasteiger partial charge in [0.25, 0.3) is 0 Å². The number of imidazole rings is 1. The van der Waals surface area contributed by atoms with Crippen LogP contribution in [0, 0.1) is 0 Å². The molecule has 2 aromatic rings. The molecule has 0 spiro atoms. The number of H-pyrrole nitrogens is 1. The molecule has 0 unspecified atom stereocenters. The molecule has 1 aromatic carbocycles. The molecule has 4 rings (SSSR count). The second-order valence-electron chi connectivity index (χ2n) is 6.70. The van der Waals surface area contributed by atoms with Gasteiger partial charge in [-0.05, 0) is 43.9 Å². The Bertz CT molecular complexity index is 739. The predicted molar refractivity (Wildman–Crippen MR) is 103 cm³/mol. The maximum Gasteiger partial charge on any atom is 0.244 e. The summed E-state index contributed by atoms with van der Waals surface area (Å²) in [5.41, 5.74) is 8.04. The number of carbonyl (C=O) groups is 1. The minimum absolute atomic E-state index is 0. The van der Waals surface area contributed by atoms with Gasteiger partial charge >= 0.3 is 0 Å². The van der Waals surface area contributed by atoms with Gasteiger partial charge in [0.05, 0.1) is 11.0 Å². The number of aromatic amines is 1. The van der Waals surface area contributed by atoms with Crippen LogP contribution in [0.15, 0.2) is 18.2 Å². The van der Waals surface area contributed by atoms with Gasteiger partial charge in [0, 0.05) is 24.8 Å². The molecule has 2 fully saturated rings. The molecule has 1 amide bonds. The first kappa shape index (κ1) is 20.0. The Hall–Kier alpha value is -1.34. The molecule has 138 valence electrons. The highest BCUT2D eigenvalue weighted by atomic mass is 35.5. The highest BCUT2D eigenvalue weighted by Gasteiger charge is 2.36. The molecule has 0 atom stereocenters.